The van der Waals surface area contributed by atoms with Crippen LogP contribution >= 0.6 is 11.6 Å². The Morgan fingerprint density at radius 3 is 1.58 bits per heavy atom. The van der Waals surface area contributed by atoms with E-state index in [-0.39, 0.29) is 23.6 Å². The van der Waals surface area contributed by atoms with E-state index in [0.29, 0.717) is 27.7 Å². The summed E-state index contributed by atoms with van der Waals surface area (Å²) in [4.78, 5) is 56.1. The first kappa shape index (κ1) is 44.9. The second-order valence-corrected chi connectivity index (χ2v) is 16.5. The van der Waals surface area contributed by atoms with Crippen LogP contribution in [0.3, 0.4) is 0 Å². The number of nitrogens with zero attached hydrogens (tertiary/aromatic N) is 1. The van der Waals surface area contributed by atoms with Crippen molar-refractivity contribution in [2.24, 2.45) is 5.92 Å². The van der Waals surface area contributed by atoms with E-state index in [9.17, 15) is 19.2 Å². The molecule has 12 nitrogen and oxygen atoms in total. The SMILES string of the molecule is COc1cccc(C2(c3ccccc3)NC(NC(=O)C(C)C)C(=O)Nc3ccccc32)c1.O=C(NC1NC(c2ccccc2)(c2cccc(Cl)c2)c2ccccc2NC1=O)c1ccncc1. The molecule has 0 bridgehead atoms. The number of pyridine rings is 1. The molecule has 4 atom stereocenters. The number of carbonyl (C=O) groups is 4. The van der Waals surface area contributed by atoms with Crippen molar-refractivity contribution in [2.45, 2.75) is 37.3 Å². The van der Waals surface area contributed by atoms with Gasteiger partial charge in [-0.25, -0.2) is 0 Å². The number of para-hydroxylation sites is 2. The van der Waals surface area contributed by atoms with Gasteiger partial charge in [-0.3, -0.25) is 34.8 Å². The van der Waals surface area contributed by atoms with Crippen LogP contribution in [0.15, 0.2) is 182 Å². The van der Waals surface area contributed by atoms with Crippen molar-refractivity contribution >= 4 is 46.6 Å². The highest BCUT2D eigenvalue weighted by Crippen LogP contribution is 2.44. The van der Waals surface area contributed by atoms with Crippen LogP contribution in [0.2, 0.25) is 5.02 Å². The summed E-state index contributed by atoms with van der Waals surface area (Å²) in [6.45, 7) is 3.59. The summed E-state index contributed by atoms with van der Waals surface area (Å²) in [7, 11) is 1.62. The summed E-state index contributed by atoms with van der Waals surface area (Å²) < 4.78 is 5.51. The van der Waals surface area contributed by atoms with Gasteiger partial charge >= 0.3 is 0 Å². The molecule has 6 aromatic carbocycles. The van der Waals surface area contributed by atoms with E-state index >= 15 is 0 Å². The number of methoxy groups -OCH3 is 1. The van der Waals surface area contributed by atoms with Crippen LogP contribution in [0.1, 0.15) is 57.6 Å². The van der Waals surface area contributed by atoms with Gasteiger partial charge < -0.3 is 26.0 Å². The molecule has 2 aliphatic rings. The highest BCUT2D eigenvalue weighted by atomic mass is 35.5. The van der Waals surface area contributed by atoms with Gasteiger partial charge in [0.15, 0.2) is 12.3 Å². The summed E-state index contributed by atoms with van der Waals surface area (Å²) in [5, 5.41) is 19.2. The van der Waals surface area contributed by atoms with Crippen molar-refractivity contribution in [3.8, 4) is 5.75 Å². The third-order valence-electron chi connectivity index (χ3n) is 11.6. The molecule has 0 fully saturated rings. The molecule has 332 valence electrons. The predicted octanol–water partition coefficient (Wildman–Crippen LogP) is 7.95. The lowest BCUT2D eigenvalue weighted by Gasteiger charge is -2.38. The molecule has 1 aromatic heterocycles. The quantitative estimate of drug-likeness (QED) is 0.0851. The predicted molar refractivity (Wildman–Crippen MR) is 256 cm³/mol. The maximum atomic E-state index is 13.3. The first-order valence-corrected chi connectivity index (χ1v) is 21.8. The van der Waals surface area contributed by atoms with Crippen LogP contribution in [0, 0.1) is 5.92 Å². The number of carbonyl (C=O) groups excluding carboxylic acids is 4. The molecule has 0 spiro atoms. The van der Waals surface area contributed by atoms with Gasteiger partial charge in [0.1, 0.15) is 5.75 Å². The Kier molecular flexibility index (Phi) is 13.4. The van der Waals surface area contributed by atoms with E-state index in [0.717, 1.165) is 33.4 Å². The first-order chi connectivity index (χ1) is 32.0. The fourth-order valence-corrected chi connectivity index (χ4v) is 8.63. The number of halogens is 1. The second-order valence-electron chi connectivity index (χ2n) is 16.1. The molecule has 0 saturated carbocycles. The maximum Gasteiger partial charge on any atom is 0.262 e. The standard InChI is InChI=1S/C27H21ClN4O2.C26H27N3O3/c28-21-10-6-9-20(17-21)27(19-7-2-1-3-8-19)22-11-4-5-12-23(22)30-26(34)24(32-27)31-25(33)18-13-15-29-16-14-18;1-17(2)24(30)28-23-25(31)27-22-15-8-7-14-21(22)26(29-23,18-10-5-4-6-11-18)19-12-9-13-20(16-19)32-3/h1-17,24,32H,(H,30,34)(H,31,33);4-17,23,29H,1-3H3,(H,27,31)(H,28,30). The van der Waals surface area contributed by atoms with Gasteiger partial charge in [0.25, 0.3) is 17.7 Å². The molecule has 9 rings (SSSR count). The van der Waals surface area contributed by atoms with Gasteiger partial charge in [0, 0.05) is 51.4 Å². The Labute approximate surface area is 388 Å². The first-order valence-electron chi connectivity index (χ1n) is 21.4. The third-order valence-corrected chi connectivity index (χ3v) is 11.9. The highest BCUT2D eigenvalue weighted by Gasteiger charge is 2.46. The number of hydrogen-bond donors (Lipinski definition) is 6. The van der Waals surface area contributed by atoms with Gasteiger partial charge in [-0.05, 0) is 70.8 Å². The molecular formula is C53H48ClN7O5. The number of amides is 4. The molecule has 6 N–H and O–H groups in total. The summed E-state index contributed by atoms with van der Waals surface area (Å²) in [5.74, 6) is -0.881. The fourth-order valence-electron chi connectivity index (χ4n) is 8.44. The largest absolute Gasteiger partial charge is 0.497 e. The molecule has 0 aliphatic carbocycles. The van der Waals surface area contributed by atoms with E-state index in [4.69, 9.17) is 16.3 Å². The Morgan fingerprint density at radius 1 is 0.591 bits per heavy atom. The molecule has 0 radical (unpaired) electrons. The van der Waals surface area contributed by atoms with E-state index in [1.165, 1.54) is 12.4 Å². The van der Waals surface area contributed by atoms with Crippen LogP contribution < -0.4 is 36.6 Å². The van der Waals surface area contributed by atoms with Crippen molar-refractivity contribution in [3.05, 3.63) is 226 Å². The number of nitrogens with one attached hydrogen (secondary N) is 6. The Morgan fingerprint density at radius 2 is 1.06 bits per heavy atom. The topological polar surface area (TPSA) is 163 Å². The number of anilines is 2. The van der Waals surface area contributed by atoms with E-state index < -0.39 is 29.3 Å². The lowest BCUT2D eigenvalue weighted by molar-refractivity contribution is -0.129. The lowest BCUT2D eigenvalue weighted by Crippen LogP contribution is -2.59. The van der Waals surface area contributed by atoms with Gasteiger partial charge in [-0.2, -0.15) is 0 Å². The second kappa shape index (κ2) is 19.6. The summed E-state index contributed by atoms with van der Waals surface area (Å²) in [6.07, 6.45) is 1.06. The number of fused-ring (bicyclic) bond motifs is 2. The number of benzene rings is 6. The van der Waals surface area contributed by atoms with E-state index in [1.54, 1.807) is 39.2 Å². The van der Waals surface area contributed by atoms with Crippen molar-refractivity contribution < 1.29 is 23.9 Å². The molecule has 7 aromatic rings. The Balaban J connectivity index is 0.000000180. The minimum absolute atomic E-state index is 0.212. The zero-order chi connectivity index (χ0) is 46.3. The normalized spacial score (nSPS) is 19.8. The van der Waals surface area contributed by atoms with Crippen molar-refractivity contribution in [1.29, 1.82) is 0 Å². The fraction of sp³-hybridized carbons (Fsp3) is 0.151. The molecule has 66 heavy (non-hydrogen) atoms. The average molecular weight is 898 g/mol. The van der Waals surface area contributed by atoms with Crippen molar-refractivity contribution in [3.63, 3.8) is 0 Å². The van der Waals surface area contributed by atoms with Gasteiger partial charge in [-0.15, -0.1) is 0 Å². The van der Waals surface area contributed by atoms with Crippen LogP contribution in [-0.4, -0.2) is 48.1 Å². The van der Waals surface area contributed by atoms with Crippen molar-refractivity contribution in [1.82, 2.24) is 26.3 Å². The van der Waals surface area contributed by atoms with Crippen LogP contribution in [-0.2, 0) is 25.5 Å². The van der Waals surface area contributed by atoms with E-state index in [2.05, 4.69) is 36.9 Å². The number of aromatic nitrogens is 1. The van der Waals surface area contributed by atoms with Gasteiger partial charge in [0.2, 0.25) is 5.91 Å². The molecule has 4 unspecified atom stereocenters. The minimum atomic E-state index is -1.05. The smallest absolute Gasteiger partial charge is 0.262 e. The van der Waals surface area contributed by atoms with Crippen LogP contribution in [0.25, 0.3) is 0 Å². The summed E-state index contributed by atoms with van der Waals surface area (Å²) in [6, 6.07) is 53.4. The van der Waals surface area contributed by atoms with Crippen LogP contribution in [0.5, 0.6) is 5.75 Å². The highest BCUT2D eigenvalue weighted by molar-refractivity contribution is 6.30. The Hall–Kier alpha value is -7.64. The molecule has 3 heterocycles. The number of hydrogen-bond acceptors (Lipinski definition) is 8. The van der Waals surface area contributed by atoms with Crippen LogP contribution in [0.4, 0.5) is 11.4 Å². The summed E-state index contributed by atoms with van der Waals surface area (Å²) in [5.41, 5.74) is 5.05. The molecule has 4 amide bonds. The Bertz CT molecular complexity index is 2870. The molecule has 2 aliphatic heterocycles. The minimum Gasteiger partial charge on any atom is -0.497 e. The monoisotopic (exact) mass is 897 g/mol. The molecular weight excluding hydrogens is 850 g/mol. The molecule has 13 heteroatoms. The molecule has 0 saturated heterocycles. The lowest BCUT2D eigenvalue weighted by atomic mass is 9.76. The van der Waals surface area contributed by atoms with Gasteiger partial charge in [-0.1, -0.05) is 147 Å². The number of rotatable bonds is 9. The average Bonchev–Trinajstić information content (AvgIpc) is 3.56. The zero-order valence-electron chi connectivity index (χ0n) is 36.4. The zero-order valence-corrected chi connectivity index (χ0v) is 37.2. The summed E-state index contributed by atoms with van der Waals surface area (Å²) >= 11 is 6.42. The van der Waals surface area contributed by atoms with E-state index in [1.807, 2.05) is 152 Å². The third kappa shape index (κ3) is 9.02. The maximum absolute atomic E-state index is 13.3. The van der Waals surface area contributed by atoms with Gasteiger partial charge in [0.05, 0.1) is 18.2 Å². The number of ether oxygens (including phenoxy) is 1. The van der Waals surface area contributed by atoms with Crippen molar-refractivity contribution in [2.75, 3.05) is 17.7 Å².